The van der Waals surface area contributed by atoms with Gasteiger partial charge in [-0.1, -0.05) is 34.1 Å². The molecule has 0 aromatic rings. The van der Waals surface area contributed by atoms with E-state index in [-0.39, 0.29) is 17.6 Å². The number of nitrogens with one attached hydrogen (secondary N) is 1. The van der Waals surface area contributed by atoms with Gasteiger partial charge in [0.1, 0.15) is 0 Å². The lowest BCUT2D eigenvalue weighted by Gasteiger charge is -2.32. The first-order valence-electron chi connectivity index (χ1n) is 6.97. The Balaban J connectivity index is 2.94. The summed E-state index contributed by atoms with van der Waals surface area (Å²) in [5.41, 5.74) is -0.364. The quantitative estimate of drug-likeness (QED) is 0.801. The van der Waals surface area contributed by atoms with Crippen molar-refractivity contribution in [1.82, 2.24) is 10.2 Å². The van der Waals surface area contributed by atoms with Crippen LogP contribution in [0.15, 0.2) is 0 Å². The van der Waals surface area contributed by atoms with E-state index in [9.17, 15) is 4.79 Å². The summed E-state index contributed by atoms with van der Waals surface area (Å²) >= 11 is 0. The molecule has 1 aliphatic heterocycles. The summed E-state index contributed by atoms with van der Waals surface area (Å²) in [6.45, 7) is 12.8. The Morgan fingerprint density at radius 3 is 2.35 bits per heavy atom. The molecular formula is C14H28N2O. The zero-order valence-electron chi connectivity index (χ0n) is 12.2. The zero-order valence-corrected chi connectivity index (χ0v) is 12.2. The topological polar surface area (TPSA) is 32.3 Å². The number of carbonyl (C=O) groups is 1. The Morgan fingerprint density at radius 1 is 1.35 bits per heavy atom. The molecule has 1 fully saturated rings. The van der Waals surface area contributed by atoms with Crippen molar-refractivity contribution < 1.29 is 4.79 Å². The number of amides is 1. The molecule has 1 N–H and O–H groups in total. The van der Waals surface area contributed by atoms with Crippen LogP contribution in [0.5, 0.6) is 0 Å². The largest absolute Gasteiger partial charge is 0.323 e. The van der Waals surface area contributed by atoms with Crippen LogP contribution in [0.25, 0.3) is 0 Å². The van der Waals surface area contributed by atoms with Crippen LogP contribution in [0, 0.1) is 5.92 Å². The highest BCUT2D eigenvalue weighted by Crippen LogP contribution is 2.29. The third kappa shape index (κ3) is 2.65. The van der Waals surface area contributed by atoms with E-state index in [4.69, 9.17) is 0 Å². The van der Waals surface area contributed by atoms with Gasteiger partial charge in [0, 0.05) is 6.04 Å². The SMILES string of the molecule is CCCC(C)N1C(=O)C(C)(CC)NC1C(C)C. The van der Waals surface area contributed by atoms with Crippen molar-refractivity contribution in [1.29, 1.82) is 0 Å². The second kappa shape index (κ2) is 5.38. The van der Waals surface area contributed by atoms with Gasteiger partial charge in [-0.15, -0.1) is 0 Å². The standard InChI is InChI=1S/C14H28N2O/c1-7-9-11(5)16-12(10(3)4)15-14(6,8-2)13(16)17/h10-12,15H,7-9H2,1-6H3. The van der Waals surface area contributed by atoms with Gasteiger partial charge in [-0.05, 0) is 32.6 Å². The van der Waals surface area contributed by atoms with Gasteiger partial charge < -0.3 is 4.90 Å². The summed E-state index contributed by atoms with van der Waals surface area (Å²) < 4.78 is 0. The van der Waals surface area contributed by atoms with E-state index >= 15 is 0 Å². The lowest BCUT2D eigenvalue weighted by molar-refractivity contribution is -0.135. The van der Waals surface area contributed by atoms with E-state index < -0.39 is 0 Å². The van der Waals surface area contributed by atoms with E-state index in [1.807, 2.05) is 6.92 Å². The molecule has 0 radical (unpaired) electrons. The highest BCUT2D eigenvalue weighted by Gasteiger charge is 2.48. The van der Waals surface area contributed by atoms with Crippen LogP contribution in [0.2, 0.25) is 0 Å². The lowest BCUT2D eigenvalue weighted by atomic mass is 9.99. The zero-order chi connectivity index (χ0) is 13.2. The third-order valence-corrected chi connectivity index (χ3v) is 3.99. The Labute approximate surface area is 106 Å². The highest BCUT2D eigenvalue weighted by molar-refractivity contribution is 5.88. The molecule has 1 aliphatic rings. The summed E-state index contributed by atoms with van der Waals surface area (Å²) in [4.78, 5) is 14.6. The molecule has 3 unspecified atom stereocenters. The van der Waals surface area contributed by atoms with Crippen molar-refractivity contribution in [3.8, 4) is 0 Å². The molecule has 1 amide bonds. The Morgan fingerprint density at radius 2 is 1.94 bits per heavy atom. The van der Waals surface area contributed by atoms with E-state index in [1.165, 1.54) is 0 Å². The summed E-state index contributed by atoms with van der Waals surface area (Å²) in [7, 11) is 0. The second-order valence-electron chi connectivity index (χ2n) is 5.87. The normalized spacial score (nSPS) is 31.4. The third-order valence-electron chi connectivity index (χ3n) is 3.99. The van der Waals surface area contributed by atoms with Gasteiger partial charge in [0.25, 0.3) is 0 Å². The minimum atomic E-state index is -0.364. The van der Waals surface area contributed by atoms with E-state index in [0.29, 0.717) is 12.0 Å². The van der Waals surface area contributed by atoms with Gasteiger partial charge >= 0.3 is 0 Å². The van der Waals surface area contributed by atoms with Gasteiger partial charge in [-0.2, -0.15) is 0 Å². The second-order valence-corrected chi connectivity index (χ2v) is 5.87. The average molecular weight is 240 g/mol. The first-order chi connectivity index (χ1) is 7.87. The van der Waals surface area contributed by atoms with Crippen LogP contribution in [-0.2, 0) is 4.79 Å². The fraction of sp³-hybridized carbons (Fsp3) is 0.929. The summed E-state index contributed by atoms with van der Waals surface area (Å²) in [6.07, 6.45) is 3.24. The molecule has 3 nitrogen and oxygen atoms in total. The number of carbonyl (C=O) groups excluding carboxylic acids is 1. The fourth-order valence-corrected chi connectivity index (χ4v) is 2.64. The van der Waals surface area contributed by atoms with E-state index in [2.05, 4.69) is 44.8 Å². The molecule has 100 valence electrons. The predicted molar refractivity (Wildman–Crippen MR) is 71.7 cm³/mol. The van der Waals surface area contributed by atoms with Crippen molar-refractivity contribution in [2.75, 3.05) is 0 Å². The lowest BCUT2D eigenvalue weighted by Crippen LogP contribution is -2.46. The van der Waals surface area contributed by atoms with E-state index in [0.717, 1.165) is 19.3 Å². The smallest absolute Gasteiger partial charge is 0.244 e. The molecule has 1 saturated heterocycles. The number of hydrogen-bond donors (Lipinski definition) is 1. The van der Waals surface area contributed by atoms with Gasteiger partial charge in [-0.3, -0.25) is 10.1 Å². The molecule has 1 rings (SSSR count). The summed E-state index contributed by atoms with van der Waals surface area (Å²) in [5, 5.41) is 3.53. The number of nitrogens with zero attached hydrogens (tertiary/aromatic N) is 1. The van der Waals surface area contributed by atoms with E-state index in [1.54, 1.807) is 0 Å². The molecule has 3 heteroatoms. The minimum Gasteiger partial charge on any atom is -0.323 e. The maximum Gasteiger partial charge on any atom is 0.244 e. The minimum absolute atomic E-state index is 0.189. The monoisotopic (exact) mass is 240 g/mol. The number of hydrogen-bond acceptors (Lipinski definition) is 2. The molecule has 0 bridgehead atoms. The van der Waals surface area contributed by atoms with Crippen LogP contribution in [0.1, 0.15) is 60.8 Å². The Kier molecular flexibility index (Phi) is 4.59. The Hall–Kier alpha value is -0.570. The summed E-state index contributed by atoms with van der Waals surface area (Å²) in [6, 6.07) is 0.334. The molecule has 0 saturated carbocycles. The van der Waals surface area contributed by atoms with Crippen LogP contribution in [0.4, 0.5) is 0 Å². The Bertz CT molecular complexity index is 277. The van der Waals surface area contributed by atoms with Gasteiger partial charge in [0.05, 0.1) is 11.7 Å². The van der Waals surface area contributed by atoms with Gasteiger partial charge in [-0.25, -0.2) is 0 Å². The van der Waals surface area contributed by atoms with Crippen molar-refractivity contribution in [3.05, 3.63) is 0 Å². The molecule has 1 heterocycles. The first-order valence-corrected chi connectivity index (χ1v) is 6.97. The number of rotatable bonds is 5. The summed E-state index contributed by atoms with van der Waals surface area (Å²) in [5.74, 6) is 0.728. The van der Waals surface area contributed by atoms with Crippen LogP contribution < -0.4 is 5.32 Å². The predicted octanol–water partition coefficient (Wildman–Crippen LogP) is 2.76. The van der Waals surface area contributed by atoms with Crippen LogP contribution >= 0.6 is 0 Å². The molecule has 0 aliphatic carbocycles. The van der Waals surface area contributed by atoms with Crippen molar-refractivity contribution in [2.24, 2.45) is 5.92 Å². The van der Waals surface area contributed by atoms with Crippen molar-refractivity contribution in [3.63, 3.8) is 0 Å². The van der Waals surface area contributed by atoms with Crippen LogP contribution in [0.3, 0.4) is 0 Å². The first kappa shape index (κ1) is 14.5. The average Bonchev–Trinajstić information content (AvgIpc) is 2.53. The molecule has 17 heavy (non-hydrogen) atoms. The fourth-order valence-electron chi connectivity index (χ4n) is 2.64. The molecule has 0 aromatic carbocycles. The van der Waals surface area contributed by atoms with Crippen molar-refractivity contribution in [2.45, 2.75) is 78.6 Å². The van der Waals surface area contributed by atoms with Gasteiger partial charge in [0.2, 0.25) is 5.91 Å². The molecule has 0 spiro atoms. The maximum absolute atomic E-state index is 12.6. The molecule has 0 aromatic heterocycles. The maximum atomic E-state index is 12.6. The molecule has 3 atom stereocenters. The van der Waals surface area contributed by atoms with Gasteiger partial charge in [0.15, 0.2) is 0 Å². The van der Waals surface area contributed by atoms with Crippen LogP contribution in [-0.4, -0.2) is 28.6 Å². The molecular weight excluding hydrogens is 212 g/mol. The van der Waals surface area contributed by atoms with Crippen molar-refractivity contribution >= 4 is 5.91 Å². The highest BCUT2D eigenvalue weighted by atomic mass is 16.2.